The Morgan fingerprint density at radius 2 is 1.64 bits per heavy atom. The van der Waals surface area contributed by atoms with Gasteiger partial charge in [0.25, 0.3) is 0 Å². The van der Waals surface area contributed by atoms with Gasteiger partial charge in [-0.3, -0.25) is 0 Å². The molecule has 0 amide bonds. The van der Waals surface area contributed by atoms with Gasteiger partial charge in [0, 0.05) is 38.4 Å². The average molecular weight is 367 g/mol. The Hall–Kier alpha value is -1.18. The summed E-state index contributed by atoms with van der Waals surface area (Å²) in [7, 11) is -1.41. The first-order valence-electron chi connectivity index (χ1n) is 9.47. The maximum atomic E-state index is 12.7. The van der Waals surface area contributed by atoms with E-state index in [-0.39, 0.29) is 0 Å². The first kappa shape index (κ1) is 18.6. The Morgan fingerprint density at radius 3 is 2.24 bits per heavy atom. The van der Waals surface area contributed by atoms with E-state index in [1.807, 2.05) is 13.1 Å². The number of sulfonamides is 1. The maximum Gasteiger partial charge on any atom is 0.244 e. The maximum absolute atomic E-state index is 12.7. The van der Waals surface area contributed by atoms with Crippen molar-refractivity contribution in [3.8, 4) is 0 Å². The molecule has 1 aromatic heterocycles. The molecule has 0 aromatic carbocycles. The van der Waals surface area contributed by atoms with E-state index < -0.39 is 10.0 Å². The molecule has 1 aliphatic heterocycles. The number of nitrogens with one attached hydrogen (secondary N) is 1. The van der Waals surface area contributed by atoms with Gasteiger partial charge in [-0.15, -0.1) is 0 Å². The zero-order valence-corrected chi connectivity index (χ0v) is 16.0. The van der Waals surface area contributed by atoms with E-state index in [2.05, 4.69) is 15.2 Å². The van der Waals surface area contributed by atoms with Gasteiger partial charge in [-0.1, -0.05) is 32.1 Å². The zero-order valence-electron chi connectivity index (χ0n) is 15.2. The monoisotopic (exact) mass is 366 g/mol. The summed E-state index contributed by atoms with van der Waals surface area (Å²) < 4.78 is 27.0. The lowest BCUT2D eigenvalue weighted by atomic mass is 9.97. The van der Waals surface area contributed by atoms with Crippen LogP contribution in [0.15, 0.2) is 23.2 Å². The van der Waals surface area contributed by atoms with Crippen LogP contribution >= 0.6 is 0 Å². The molecule has 0 spiro atoms. The number of piperazine rings is 1. The molecule has 1 aromatic rings. The second-order valence-electron chi connectivity index (χ2n) is 7.27. The molecule has 0 bridgehead atoms. The fourth-order valence-corrected chi connectivity index (χ4v) is 4.97. The molecular formula is C18H30N4O2S. The van der Waals surface area contributed by atoms with Gasteiger partial charge in [-0.25, -0.2) is 13.4 Å². The van der Waals surface area contributed by atoms with Crippen molar-refractivity contribution in [1.82, 2.24) is 14.2 Å². The van der Waals surface area contributed by atoms with Crippen LogP contribution in [0.5, 0.6) is 0 Å². The minimum atomic E-state index is -3.43. The Kier molecular flexibility index (Phi) is 6.30. The molecule has 1 aliphatic carbocycles. The second-order valence-corrected chi connectivity index (χ2v) is 9.21. The first-order valence-corrected chi connectivity index (χ1v) is 10.9. The molecule has 1 saturated heterocycles. The van der Waals surface area contributed by atoms with Crippen LogP contribution in [0.25, 0.3) is 0 Å². The second kappa shape index (κ2) is 8.47. The molecule has 1 saturated carbocycles. The van der Waals surface area contributed by atoms with Crippen LogP contribution in [0, 0.1) is 0 Å². The molecule has 0 atom stereocenters. The summed E-state index contributed by atoms with van der Waals surface area (Å²) >= 11 is 0. The predicted molar refractivity (Wildman–Crippen MR) is 100 cm³/mol. The number of hydrogen-bond donors (Lipinski definition) is 1. The summed E-state index contributed by atoms with van der Waals surface area (Å²) in [6, 6.07) is 3.95. The largest absolute Gasteiger partial charge is 0.367 e. The fraction of sp³-hybridized carbons (Fsp3) is 0.722. The van der Waals surface area contributed by atoms with Crippen molar-refractivity contribution in [3.05, 3.63) is 18.3 Å². The van der Waals surface area contributed by atoms with Crippen LogP contribution in [0.1, 0.15) is 44.9 Å². The molecule has 3 rings (SSSR count). The van der Waals surface area contributed by atoms with E-state index in [1.165, 1.54) is 51.1 Å². The summed E-state index contributed by atoms with van der Waals surface area (Å²) in [5.74, 6) is 0.780. The summed E-state index contributed by atoms with van der Waals surface area (Å²) in [5, 5.41) is 3.49. The number of rotatable bonds is 4. The fourth-order valence-electron chi connectivity index (χ4n) is 3.61. The SMILES string of the molecule is CN1CCN(S(=O)(=O)c2ccc(NC3CCCCCCC3)nc2)CC1. The number of likely N-dealkylation sites (N-methyl/N-ethyl adjacent to an activating group) is 1. The Balaban J connectivity index is 1.63. The molecule has 2 heterocycles. The van der Waals surface area contributed by atoms with E-state index in [0.29, 0.717) is 24.0 Å². The van der Waals surface area contributed by atoms with E-state index in [4.69, 9.17) is 0 Å². The van der Waals surface area contributed by atoms with Gasteiger partial charge in [0.05, 0.1) is 0 Å². The summed E-state index contributed by atoms with van der Waals surface area (Å²) in [6.07, 6.45) is 10.3. The molecule has 140 valence electrons. The average Bonchev–Trinajstić information content (AvgIpc) is 2.58. The summed E-state index contributed by atoms with van der Waals surface area (Å²) in [4.78, 5) is 6.81. The van der Waals surface area contributed by atoms with Gasteiger partial charge in [0.2, 0.25) is 10.0 Å². The lowest BCUT2D eigenvalue weighted by Gasteiger charge is -2.31. The van der Waals surface area contributed by atoms with Gasteiger partial charge in [0.1, 0.15) is 10.7 Å². The minimum Gasteiger partial charge on any atom is -0.367 e. The third kappa shape index (κ3) is 4.92. The van der Waals surface area contributed by atoms with Crippen molar-refractivity contribution in [3.63, 3.8) is 0 Å². The van der Waals surface area contributed by atoms with Crippen molar-refractivity contribution in [2.75, 3.05) is 38.5 Å². The zero-order chi connectivity index (χ0) is 17.7. The van der Waals surface area contributed by atoms with Crippen LogP contribution in [0.3, 0.4) is 0 Å². The summed E-state index contributed by atoms with van der Waals surface area (Å²) in [5.41, 5.74) is 0. The van der Waals surface area contributed by atoms with Gasteiger partial charge in [-0.2, -0.15) is 4.31 Å². The lowest BCUT2D eigenvalue weighted by molar-refractivity contribution is 0.222. The van der Waals surface area contributed by atoms with Gasteiger partial charge >= 0.3 is 0 Å². The smallest absolute Gasteiger partial charge is 0.244 e. The molecule has 25 heavy (non-hydrogen) atoms. The number of aromatic nitrogens is 1. The van der Waals surface area contributed by atoms with Crippen molar-refractivity contribution in [2.24, 2.45) is 0 Å². The number of pyridine rings is 1. The third-order valence-electron chi connectivity index (χ3n) is 5.29. The van der Waals surface area contributed by atoms with Crippen molar-refractivity contribution < 1.29 is 8.42 Å². The van der Waals surface area contributed by atoms with Gasteiger partial charge in [0.15, 0.2) is 0 Å². The number of nitrogens with zero attached hydrogens (tertiary/aromatic N) is 3. The molecule has 7 heteroatoms. The topological polar surface area (TPSA) is 65.5 Å². The Bertz CT molecular complexity index is 632. The molecular weight excluding hydrogens is 336 g/mol. The first-order chi connectivity index (χ1) is 12.1. The highest BCUT2D eigenvalue weighted by Gasteiger charge is 2.27. The van der Waals surface area contributed by atoms with Crippen molar-refractivity contribution >= 4 is 15.8 Å². The normalized spacial score (nSPS) is 22.3. The van der Waals surface area contributed by atoms with Crippen LogP contribution < -0.4 is 5.32 Å². The summed E-state index contributed by atoms with van der Waals surface area (Å²) in [6.45, 7) is 2.63. The third-order valence-corrected chi connectivity index (χ3v) is 7.18. The lowest BCUT2D eigenvalue weighted by Crippen LogP contribution is -2.47. The highest BCUT2D eigenvalue weighted by atomic mass is 32.2. The van der Waals surface area contributed by atoms with E-state index in [1.54, 1.807) is 10.4 Å². The molecule has 0 unspecified atom stereocenters. The molecule has 6 nitrogen and oxygen atoms in total. The van der Waals surface area contributed by atoms with Crippen LogP contribution in [-0.2, 0) is 10.0 Å². The Morgan fingerprint density at radius 1 is 1.00 bits per heavy atom. The molecule has 2 aliphatic rings. The number of anilines is 1. The number of hydrogen-bond acceptors (Lipinski definition) is 5. The predicted octanol–water partition coefficient (Wildman–Crippen LogP) is 2.54. The van der Waals surface area contributed by atoms with E-state index in [9.17, 15) is 8.42 Å². The Labute approximate surface area is 151 Å². The molecule has 0 radical (unpaired) electrons. The molecule has 2 fully saturated rings. The van der Waals surface area contributed by atoms with Crippen LogP contribution in [-0.4, -0.2) is 61.9 Å². The quantitative estimate of drug-likeness (QED) is 0.887. The highest BCUT2D eigenvalue weighted by Crippen LogP contribution is 2.22. The van der Waals surface area contributed by atoms with Gasteiger partial charge in [-0.05, 0) is 32.0 Å². The highest BCUT2D eigenvalue weighted by molar-refractivity contribution is 7.89. The van der Waals surface area contributed by atoms with Crippen LogP contribution in [0.4, 0.5) is 5.82 Å². The van der Waals surface area contributed by atoms with E-state index in [0.717, 1.165) is 18.9 Å². The van der Waals surface area contributed by atoms with E-state index >= 15 is 0 Å². The minimum absolute atomic E-state index is 0.292. The standard InChI is InChI=1S/C18H30N4O2S/c1-21-11-13-22(14-12-21)25(23,24)17-9-10-18(19-15-17)20-16-7-5-3-2-4-6-8-16/h9-10,15-16H,2-8,11-14H2,1H3,(H,19,20). The van der Waals surface area contributed by atoms with Crippen molar-refractivity contribution in [1.29, 1.82) is 0 Å². The van der Waals surface area contributed by atoms with Crippen LogP contribution in [0.2, 0.25) is 0 Å². The molecule has 1 N–H and O–H groups in total. The van der Waals surface area contributed by atoms with Crippen molar-refractivity contribution in [2.45, 2.75) is 55.9 Å². The van der Waals surface area contributed by atoms with Gasteiger partial charge < -0.3 is 10.2 Å².